The monoisotopic (exact) mass is 214 g/mol. The van der Waals surface area contributed by atoms with Crippen LogP contribution in [0.1, 0.15) is 18.4 Å². The van der Waals surface area contributed by atoms with Crippen LogP contribution in [0.4, 0.5) is 0 Å². The third-order valence-corrected chi connectivity index (χ3v) is 2.49. The van der Waals surface area contributed by atoms with Crippen LogP contribution in [0, 0.1) is 0 Å². The van der Waals surface area contributed by atoms with Gasteiger partial charge < -0.3 is 4.74 Å². The van der Waals surface area contributed by atoms with Gasteiger partial charge in [-0.05, 0) is 18.4 Å². The van der Waals surface area contributed by atoms with Crippen molar-refractivity contribution in [2.75, 3.05) is 0 Å². The first kappa shape index (κ1) is 10.7. The molecule has 16 heavy (non-hydrogen) atoms. The Labute approximate surface area is 95.2 Å². The van der Waals surface area contributed by atoms with Crippen LogP contribution in [0.25, 0.3) is 0 Å². The van der Waals surface area contributed by atoms with Gasteiger partial charge in [0, 0.05) is 5.57 Å². The highest BCUT2D eigenvalue weighted by atomic mass is 16.5. The van der Waals surface area contributed by atoms with Gasteiger partial charge in [-0.3, -0.25) is 0 Å². The van der Waals surface area contributed by atoms with Crippen molar-refractivity contribution in [1.29, 1.82) is 0 Å². The van der Waals surface area contributed by atoms with Gasteiger partial charge in [-0.1, -0.05) is 48.6 Å². The van der Waals surface area contributed by atoms with E-state index in [0.29, 0.717) is 6.61 Å². The van der Waals surface area contributed by atoms with Crippen LogP contribution in [0.5, 0.6) is 0 Å². The number of carbonyl (C=O) groups is 1. The van der Waals surface area contributed by atoms with Crippen molar-refractivity contribution >= 4 is 5.97 Å². The Morgan fingerprint density at radius 3 is 2.75 bits per heavy atom. The average molecular weight is 214 g/mol. The van der Waals surface area contributed by atoms with Gasteiger partial charge in [0.15, 0.2) is 0 Å². The fourth-order valence-electron chi connectivity index (χ4n) is 1.59. The molecule has 0 aliphatic heterocycles. The fraction of sp³-hybridized carbons (Fsp3) is 0.214. The molecule has 0 radical (unpaired) electrons. The van der Waals surface area contributed by atoms with Gasteiger partial charge in [0.1, 0.15) is 6.61 Å². The summed E-state index contributed by atoms with van der Waals surface area (Å²) < 4.78 is 5.23. The van der Waals surface area contributed by atoms with Gasteiger partial charge in [-0.2, -0.15) is 0 Å². The van der Waals surface area contributed by atoms with Crippen molar-refractivity contribution in [1.82, 2.24) is 0 Å². The molecule has 1 aliphatic carbocycles. The second-order valence-electron chi connectivity index (χ2n) is 3.72. The zero-order chi connectivity index (χ0) is 11.2. The molecule has 82 valence electrons. The van der Waals surface area contributed by atoms with Gasteiger partial charge in [-0.25, -0.2) is 4.79 Å². The lowest BCUT2D eigenvalue weighted by Crippen LogP contribution is -2.08. The van der Waals surface area contributed by atoms with Gasteiger partial charge in [0.05, 0.1) is 0 Å². The maximum absolute atomic E-state index is 11.6. The van der Waals surface area contributed by atoms with E-state index in [1.807, 2.05) is 48.6 Å². The lowest BCUT2D eigenvalue weighted by molar-refractivity contribution is -0.140. The van der Waals surface area contributed by atoms with Crippen LogP contribution in [0.3, 0.4) is 0 Å². The molecule has 0 fully saturated rings. The number of carbonyl (C=O) groups excluding carboxylic acids is 1. The molecule has 0 N–H and O–H groups in total. The minimum Gasteiger partial charge on any atom is -0.457 e. The fourth-order valence-corrected chi connectivity index (χ4v) is 1.59. The van der Waals surface area contributed by atoms with Crippen molar-refractivity contribution in [3.05, 3.63) is 59.7 Å². The van der Waals surface area contributed by atoms with E-state index in [4.69, 9.17) is 4.74 Å². The highest BCUT2D eigenvalue weighted by Crippen LogP contribution is 2.14. The number of esters is 1. The lowest BCUT2D eigenvalue weighted by Gasteiger charge is -2.09. The number of allylic oxidation sites excluding steroid dienone is 3. The number of rotatable bonds is 3. The molecule has 0 amide bonds. The lowest BCUT2D eigenvalue weighted by atomic mass is 10.1. The van der Waals surface area contributed by atoms with Crippen LogP contribution in [0.2, 0.25) is 0 Å². The minimum absolute atomic E-state index is 0.201. The first-order valence-corrected chi connectivity index (χ1v) is 5.43. The summed E-state index contributed by atoms with van der Waals surface area (Å²) in [5.74, 6) is -0.201. The molecular formula is C14H14O2. The predicted molar refractivity (Wildman–Crippen MR) is 62.7 cm³/mol. The van der Waals surface area contributed by atoms with Crippen LogP contribution < -0.4 is 0 Å². The minimum atomic E-state index is -0.201. The molecule has 0 unspecified atom stereocenters. The summed E-state index contributed by atoms with van der Waals surface area (Å²) in [5.41, 5.74) is 1.78. The topological polar surface area (TPSA) is 26.3 Å². The largest absolute Gasteiger partial charge is 0.457 e. The van der Waals surface area contributed by atoms with Crippen molar-refractivity contribution in [3.63, 3.8) is 0 Å². The van der Waals surface area contributed by atoms with Crippen molar-refractivity contribution < 1.29 is 9.53 Å². The van der Waals surface area contributed by atoms with E-state index in [0.717, 1.165) is 24.0 Å². The SMILES string of the molecule is O=C(OCc1ccccc1)C1=CC=CCC1. The molecule has 2 rings (SSSR count). The number of ether oxygens (including phenoxy) is 1. The molecule has 0 saturated heterocycles. The van der Waals surface area contributed by atoms with Crippen molar-refractivity contribution in [3.8, 4) is 0 Å². The van der Waals surface area contributed by atoms with E-state index in [1.54, 1.807) is 0 Å². The Morgan fingerprint density at radius 1 is 1.25 bits per heavy atom. The van der Waals surface area contributed by atoms with Crippen LogP contribution in [-0.2, 0) is 16.1 Å². The summed E-state index contributed by atoms with van der Waals surface area (Å²) in [7, 11) is 0. The van der Waals surface area contributed by atoms with E-state index in [1.165, 1.54) is 0 Å². The number of hydrogen-bond donors (Lipinski definition) is 0. The molecular weight excluding hydrogens is 200 g/mol. The first-order chi connectivity index (χ1) is 7.86. The van der Waals surface area contributed by atoms with E-state index in [9.17, 15) is 4.79 Å². The Kier molecular flexibility index (Phi) is 3.54. The summed E-state index contributed by atoms with van der Waals surface area (Å²) in [6, 6.07) is 9.71. The van der Waals surface area contributed by atoms with Gasteiger partial charge in [0.2, 0.25) is 0 Å². The smallest absolute Gasteiger partial charge is 0.334 e. The molecule has 0 atom stereocenters. The molecule has 2 nitrogen and oxygen atoms in total. The second-order valence-corrected chi connectivity index (χ2v) is 3.72. The molecule has 0 saturated carbocycles. The number of hydrogen-bond acceptors (Lipinski definition) is 2. The summed E-state index contributed by atoms with van der Waals surface area (Å²) in [6.45, 7) is 0.348. The highest BCUT2D eigenvalue weighted by Gasteiger charge is 2.11. The Bertz CT molecular complexity index is 416. The van der Waals surface area contributed by atoms with Crippen LogP contribution >= 0.6 is 0 Å². The van der Waals surface area contributed by atoms with Gasteiger partial charge >= 0.3 is 5.97 Å². The van der Waals surface area contributed by atoms with E-state index < -0.39 is 0 Å². The summed E-state index contributed by atoms with van der Waals surface area (Å²) >= 11 is 0. The first-order valence-electron chi connectivity index (χ1n) is 5.43. The zero-order valence-electron chi connectivity index (χ0n) is 9.06. The Morgan fingerprint density at radius 2 is 2.06 bits per heavy atom. The van der Waals surface area contributed by atoms with Gasteiger partial charge in [0.25, 0.3) is 0 Å². The van der Waals surface area contributed by atoms with Crippen molar-refractivity contribution in [2.24, 2.45) is 0 Å². The maximum Gasteiger partial charge on any atom is 0.334 e. The van der Waals surface area contributed by atoms with Crippen LogP contribution in [0.15, 0.2) is 54.1 Å². The molecule has 1 aliphatic rings. The van der Waals surface area contributed by atoms with E-state index in [-0.39, 0.29) is 5.97 Å². The quantitative estimate of drug-likeness (QED) is 0.723. The summed E-state index contributed by atoms with van der Waals surface area (Å²) in [5, 5.41) is 0. The third kappa shape index (κ3) is 2.83. The Balaban J connectivity index is 1.89. The molecule has 0 heterocycles. The summed E-state index contributed by atoms with van der Waals surface area (Å²) in [4.78, 5) is 11.6. The maximum atomic E-state index is 11.6. The molecule has 1 aromatic rings. The predicted octanol–water partition coefficient (Wildman–Crippen LogP) is 3.01. The molecule has 1 aromatic carbocycles. The van der Waals surface area contributed by atoms with Gasteiger partial charge in [-0.15, -0.1) is 0 Å². The highest BCUT2D eigenvalue weighted by molar-refractivity contribution is 5.89. The number of benzene rings is 1. The van der Waals surface area contributed by atoms with E-state index in [2.05, 4.69) is 0 Å². The molecule has 0 aromatic heterocycles. The van der Waals surface area contributed by atoms with Crippen molar-refractivity contribution in [2.45, 2.75) is 19.4 Å². The second kappa shape index (κ2) is 5.31. The third-order valence-electron chi connectivity index (χ3n) is 2.49. The zero-order valence-corrected chi connectivity index (χ0v) is 9.06. The average Bonchev–Trinajstić information content (AvgIpc) is 2.38. The molecule has 0 bridgehead atoms. The summed E-state index contributed by atoms with van der Waals surface area (Å²) in [6.07, 6.45) is 7.49. The van der Waals surface area contributed by atoms with Crippen LogP contribution in [-0.4, -0.2) is 5.97 Å². The molecule has 2 heteroatoms. The Hall–Kier alpha value is -1.83. The standard InChI is InChI=1S/C14H14O2/c15-14(13-9-5-2-6-10-13)16-11-12-7-3-1-4-8-12/h1-5,7-9H,6,10-11H2. The normalized spacial score (nSPS) is 14.4. The molecule has 0 spiro atoms. The van der Waals surface area contributed by atoms with E-state index >= 15 is 0 Å².